The largest absolute Gasteiger partial charge is 0.493 e. The van der Waals surface area contributed by atoms with Crippen molar-refractivity contribution in [3.05, 3.63) is 87.9 Å². The summed E-state index contributed by atoms with van der Waals surface area (Å²) in [6.45, 7) is -0.0583. The Bertz CT molecular complexity index is 1220. The molecule has 0 fully saturated rings. The highest BCUT2D eigenvalue weighted by Gasteiger charge is 2.30. The number of hydrogen-bond donors (Lipinski definition) is 1. The molecule has 0 radical (unpaired) electrons. The summed E-state index contributed by atoms with van der Waals surface area (Å²) in [4.78, 5) is 12.4. The van der Waals surface area contributed by atoms with E-state index < -0.39 is 11.7 Å². The first kappa shape index (κ1) is 21.8. The summed E-state index contributed by atoms with van der Waals surface area (Å²) in [5.41, 5.74) is 2.21. The van der Waals surface area contributed by atoms with E-state index in [0.29, 0.717) is 38.9 Å². The summed E-state index contributed by atoms with van der Waals surface area (Å²) in [7, 11) is 1.46. The van der Waals surface area contributed by atoms with Crippen LogP contribution in [0.4, 0.5) is 18.9 Å². The number of methoxy groups -OCH3 is 1. The molecule has 1 amide bonds. The molecule has 32 heavy (non-hydrogen) atoms. The van der Waals surface area contributed by atoms with Gasteiger partial charge in [-0.2, -0.15) is 13.2 Å². The van der Waals surface area contributed by atoms with Crippen LogP contribution in [0.25, 0.3) is 11.6 Å². The lowest BCUT2D eigenvalue weighted by molar-refractivity contribution is -0.137. The minimum Gasteiger partial charge on any atom is -0.493 e. The molecule has 0 atom stereocenters. The number of alkyl halides is 3. The van der Waals surface area contributed by atoms with Crippen molar-refractivity contribution in [3.63, 3.8) is 0 Å². The summed E-state index contributed by atoms with van der Waals surface area (Å²) >= 11 is 5.98. The maximum atomic E-state index is 12.9. The van der Waals surface area contributed by atoms with E-state index in [2.05, 4.69) is 5.32 Å². The van der Waals surface area contributed by atoms with Crippen molar-refractivity contribution in [2.45, 2.75) is 12.8 Å². The fourth-order valence-electron chi connectivity index (χ4n) is 3.37. The van der Waals surface area contributed by atoms with Crippen molar-refractivity contribution in [1.29, 1.82) is 0 Å². The van der Waals surface area contributed by atoms with Crippen LogP contribution in [0.3, 0.4) is 0 Å². The molecule has 1 aliphatic heterocycles. The maximum Gasteiger partial charge on any atom is 0.416 e. The molecule has 4 nitrogen and oxygen atoms in total. The fraction of sp³-hybridized carbons (Fsp3) is 0.125. The highest BCUT2D eigenvalue weighted by atomic mass is 35.5. The first-order valence-corrected chi connectivity index (χ1v) is 9.92. The van der Waals surface area contributed by atoms with Gasteiger partial charge in [0, 0.05) is 16.2 Å². The molecule has 0 unspecified atom stereocenters. The average Bonchev–Trinajstić information content (AvgIpc) is 3.06. The van der Waals surface area contributed by atoms with Crippen LogP contribution in [-0.2, 0) is 17.6 Å². The number of hydrogen-bond acceptors (Lipinski definition) is 3. The Morgan fingerprint density at radius 1 is 1.03 bits per heavy atom. The lowest BCUT2D eigenvalue weighted by atomic mass is 10.0. The second-order valence-corrected chi connectivity index (χ2v) is 7.54. The maximum absolute atomic E-state index is 12.9. The van der Waals surface area contributed by atoms with Crippen LogP contribution in [0.5, 0.6) is 11.5 Å². The Labute approximate surface area is 187 Å². The molecule has 0 saturated heterocycles. The number of anilines is 1. The zero-order valence-corrected chi connectivity index (χ0v) is 17.6. The number of fused-ring (bicyclic) bond motifs is 1. The van der Waals surface area contributed by atoms with E-state index in [4.69, 9.17) is 21.1 Å². The standard InChI is InChI=1S/C24H17ClF3NO3/c1-31-22-11-14(10-19-18-7-6-17(25)12-20(18)29-23(19)30)5-8-21(22)32-13-15-3-2-4-16(9-15)24(26,27)28/h2-12H,13H2,1H3,(H,29,30)/b19-10+. The molecular weight excluding hydrogens is 443 g/mol. The minimum atomic E-state index is -4.42. The number of amides is 1. The fourth-order valence-corrected chi connectivity index (χ4v) is 3.54. The topological polar surface area (TPSA) is 47.6 Å². The summed E-state index contributed by atoms with van der Waals surface area (Å²) in [6.07, 6.45) is -2.70. The van der Waals surface area contributed by atoms with Gasteiger partial charge in [-0.1, -0.05) is 35.9 Å². The molecule has 1 aliphatic rings. The van der Waals surface area contributed by atoms with Gasteiger partial charge in [0.05, 0.1) is 18.4 Å². The number of carbonyl (C=O) groups is 1. The van der Waals surface area contributed by atoms with Crippen LogP contribution in [0, 0.1) is 0 Å². The molecule has 0 saturated carbocycles. The van der Waals surface area contributed by atoms with Gasteiger partial charge < -0.3 is 14.8 Å². The van der Waals surface area contributed by atoms with Crippen LogP contribution in [0.1, 0.15) is 22.3 Å². The van der Waals surface area contributed by atoms with Crippen LogP contribution in [0.15, 0.2) is 60.7 Å². The van der Waals surface area contributed by atoms with Crippen molar-refractivity contribution in [1.82, 2.24) is 0 Å². The van der Waals surface area contributed by atoms with Gasteiger partial charge in [-0.15, -0.1) is 0 Å². The third-order valence-electron chi connectivity index (χ3n) is 4.91. The Balaban J connectivity index is 1.56. The normalized spacial score (nSPS) is 14.3. The molecule has 0 bridgehead atoms. The molecular formula is C24H17ClF3NO3. The van der Waals surface area contributed by atoms with Gasteiger partial charge in [0.2, 0.25) is 0 Å². The molecule has 4 rings (SSSR count). The molecule has 1 N–H and O–H groups in total. The SMILES string of the molecule is COc1cc(/C=C2/C(=O)Nc3cc(Cl)ccc32)ccc1OCc1cccc(C(F)(F)F)c1. The van der Waals surface area contributed by atoms with Crippen molar-refractivity contribution >= 4 is 34.8 Å². The smallest absolute Gasteiger partial charge is 0.416 e. The van der Waals surface area contributed by atoms with Gasteiger partial charge in [0.15, 0.2) is 11.5 Å². The van der Waals surface area contributed by atoms with Crippen molar-refractivity contribution in [2.24, 2.45) is 0 Å². The van der Waals surface area contributed by atoms with Crippen molar-refractivity contribution < 1.29 is 27.4 Å². The zero-order valence-electron chi connectivity index (χ0n) is 16.8. The summed E-state index contributed by atoms with van der Waals surface area (Å²) in [5.74, 6) is 0.516. The summed E-state index contributed by atoms with van der Waals surface area (Å²) < 4.78 is 49.8. The van der Waals surface area contributed by atoms with E-state index in [1.165, 1.54) is 13.2 Å². The number of nitrogens with one attached hydrogen (secondary N) is 1. The second kappa shape index (κ2) is 8.59. The predicted octanol–water partition coefficient (Wildman–Crippen LogP) is 6.44. The Morgan fingerprint density at radius 3 is 2.59 bits per heavy atom. The second-order valence-electron chi connectivity index (χ2n) is 7.10. The van der Waals surface area contributed by atoms with Gasteiger partial charge in [-0.3, -0.25) is 4.79 Å². The third kappa shape index (κ3) is 4.57. The van der Waals surface area contributed by atoms with Crippen molar-refractivity contribution in [3.8, 4) is 11.5 Å². The zero-order chi connectivity index (χ0) is 22.9. The molecule has 1 heterocycles. The van der Waals surface area contributed by atoms with Crippen LogP contribution in [0.2, 0.25) is 5.02 Å². The quantitative estimate of drug-likeness (QED) is 0.447. The summed E-state index contributed by atoms with van der Waals surface area (Å²) in [5, 5.41) is 3.30. The summed E-state index contributed by atoms with van der Waals surface area (Å²) in [6, 6.07) is 15.2. The lowest BCUT2D eigenvalue weighted by Gasteiger charge is -2.13. The van der Waals surface area contributed by atoms with E-state index >= 15 is 0 Å². The van der Waals surface area contributed by atoms with Crippen LogP contribution >= 0.6 is 11.6 Å². The molecule has 0 spiro atoms. The molecule has 0 aliphatic carbocycles. The third-order valence-corrected chi connectivity index (χ3v) is 5.15. The molecule has 3 aromatic carbocycles. The highest BCUT2D eigenvalue weighted by molar-refractivity contribution is 6.36. The molecule has 164 valence electrons. The van der Waals surface area contributed by atoms with Crippen LogP contribution in [-0.4, -0.2) is 13.0 Å². The molecule has 3 aromatic rings. The van der Waals surface area contributed by atoms with Gasteiger partial charge in [-0.25, -0.2) is 0 Å². The number of carbonyl (C=O) groups excluding carboxylic acids is 1. The number of ether oxygens (including phenoxy) is 2. The van der Waals surface area contributed by atoms with E-state index in [9.17, 15) is 18.0 Å². The van der Waals surface area contributed by atoms with E-state index in [0.717, 1.165) is 17.7 Å². The van der Waals surface area contributed by atoms with Crippen LogP contribution < -0.4 is 14.8 Å². The Hall–Kier alpha value is -3.45. The molecule has 0 aromatic heterocycles. The van der Waals surface area contributed by atoms with E-state index in [1.54, 1.807) is 48.5 Å². The number of halogens is 4. The Kier molecular flexibility index (Phi) is 5.84. The van der Waals surface area contributed by atoms with Gasteiger partial charge in [-0.05, 0) is 53.6 Å². The van der Waals surface area contributed by atoms with Crippen molar-refractivity contribution in [2.75, 3.05) is 12.4 Å². The van der Waals surface area contributed by atoms with E-state index in [1.807, 2.05) is 0 Å². The highest BCUT2D eigenvalue weighted by Crippen LogP contribution is 2.36. The number of benzene rings is 3. The first-order valence-electron chi connectivity index (χ1n) is 9.54. The Morgan fingerprint density at radius 2 is 1.84 bits per heavy atom. The monoisotopic (exact) mass is 459 g/mol. The van der Waals surface area contributed by atoms with Gasteiger partial charge in [0.25, 0.3) is 5.91 Å². The first-order chi connectivity index (χ1) is 15.2. The predicted molar refractivity (Wildman–Crippen MR) is 117 cm³/mol. The van der Waals surface area contributed by atoms with Gasteiger partial charge >= 0.3 is 6.18 Å². The van der Waals surface area contributed by atoms with Gasteiger partial charge in [0.1, 0.15) is 6.61 Å². The number of rotatable bonds is 5. The average molecular weight is 460 g/mol. The minimum absolute atomic E-state index is 0.0583. The van der Waals surface area contributed by atoms with E-state index in [-0.39, 0.29) is 12.5 Å². The molecule has 8 heteroatoms. The lowest BCUT2D eigenvalue weighted by Crippen LogP contribution is -2.06.